The Morgan fingerprint density at radius 2 is 1.72 bits per heavy atom. The Hall–Kier alpha value is -3.50. The molecular weight excluding hydrogens is 546 g/mol. The molecule has 3 heterocycles. The van der Waals surface area contributed by atoms with E-state index in [1.807, 2.05) is 30.0 Å². The minimum atomic E-state index is -0.346. The number of carbonyl (C=O) groups is 1. The van der Waals surface area contributed by atoms with Crippen molar-refractivity contribution in [3.8, 4) is 17.2 Å². The van der Waals surface area contributed by atoms with E-state index in [2.05, 4.69) is 39.9 Å². The van der Waals surface area contributed by atoms with Crippen molar-refractivity contribution in [3.63, 3.8) is 0 Å². The first-order valence-corrected chi connectivity index (χ1v) is 15.5. The average molecular weight is 594 g/mol. The molecule has 1 atom stereocenters. The van der Waals surface area contributed by atoms with Gasteiger partial charge in [-0.05, 0) is 69.0 Å². The molecule has 2 fully saturated rings. The molecular formula is C33H47N5O5. The minimum absolute atomic E-state index is 0.226. The summed E-state index contributed by atoms with van der Waals surface area (Å²) in [5.74, 6) is 2.92. The van der Waals surface area contributed by atoms with E-state index in [1.54, 1.807) is 21.3 Å². The van der Waals surface area contributed by atoms with E-state index in [0.29, 0.717) is 43.0 Å². The Kier molecular flexibility index (Phi) is 9.97. The fraction of sp³-hybridized carbons (Fsp3) is 0.576. The quantitative estimate of drug-likeness (QED) is 0.267. The first-order chi connectivity index (χ1) is 20.9. The highest BCUT2D eigenvalue weighted by molar-refractivity contribution is 5.84. The van der Waals surface area contributed by atoms with Gasteiger partial charge in [0, 0.05) is 50.8 Å². The molecule has 3 aromatic rings. The number of fused-ring (bicyclic) bond motifs is 1. The van der Waals surface area contributed by atoms with Crippen molar-refractivity contribution >= 4 is 22.9 Å². The van der Waals surface area contributed by atoms with E-state index in [4.69, 9.17) is 23.9 Å². The molecule has 2 aliphatic rings. The third-order valence-electron chi connectivity index (χ3n) is 9.05. The van der Waals surface area contributed by atoms with Crippen LogP contribution in [0.4, 0.5) is 5.95 Å². The second-order valence-electron chi connectivity index (χ2n) is 11.9. The van der Waals surface area contributed by atoms with Crippen molar-refractivity contribution in [1.29, 1.82) is 0 Å². The summed E-state index contributed by atoms with van der Waals surface area (Å²) in [5.41, 5.74) is 2.76. The zero-order valence-electron chi connectivity index (χ0n) is 26.4. The lowest BCUT2D eigenvalue weighted by Gasteiger charge is -2.34. The van der Waals surface area contributed by atoms with E-state index in [-0.39, 0.29) is 11.3 Å². The largest absolute Gasteiger partial charge is 0.493 e. The van der Waals surface area contributed by atoms with Crippen LogP contribution in [0.25, 0.3) is 11.0 Å². The van der Waals surface area contributed by atoms with Gasteiger partial charge in [-0.2, -0.15) is 0 Å². The first-order valence-electron chi connectivity index (χ1n) is 15.5. The summed E-state index contributed by atoms with van der Waals surface area (Å²) in [4.78, 5) is 23.0. The zero-order valence-corrected chi connectivity index (χ0v) is 26.4. The highest BCUT2D eigenvalue weighted by atomic mass is 16.5. The van der Waals surface area contributed by atoms with Crippen LogP contribution in [-0.4, -0.2) is 92.0 Å². The SMILES string of the molecule is CCOCCn1c(NC2CCN(CCC3(C)CCN(Cc4cc(OC)c(OC)c(OC)c4)C3=O)CC2)nc2ccccc21. The lowest BCUT2D eigenvalue weighted by molar-refractivity contribution is -0.136. The number of methoxy groups -OCH3 is 3. The minimum Gasteiger partial charge on any atom is -0.493 e. The van der Waals surface area contributed by atoms with Gasteiger partial charge in [-0.3, -0.25) is 4.79 Å². The Balaban J connectivity index is 1.13. The number of hydrogen-bond acceptors (Lipinski definition) is 8. The number of carbonyl (C=O) groups excluding carboxylic acids is 1. The molecule has 0 saturated carbocycles. The topological polar surface area (TPSA) is 90.3 Å². The van der Waals surface area contributed by atoms with Crippen LogP contribution < -0.4 is 19.5 Å². The predicted octanol–water partition coefficient (Wildman–Crippen LogP) is 4.80. The van der Waals surface area contributed by atoms with Crippen molar-refractivity contribution in [3.05, 3.63) is 42.0 Å². The summed E-state index contributed by atoms with van der Waals surface area (Å²) in [6, 6.07) is 12.5. The van der Waals surface area contributed by atoms with Gasteiger partial charge in [0.25, 0.3) is 0 Å². The van der Waals surface area contributed by atoms with Gasteiger partial charge in [0.2, 0.25) is 17.6 Å². The lowest BCUT2D eigenvalue weighted by atomic mass is 9.84. The molecule has 43 heavy (non-hydrogen) atoms. The van der Waals surface area contributed by atoms with Gasteiger partial charge >= 0.3 is 0 Å². The number of aromatic nitrogens is 2. The fourth-order valence-corrected chi connectivity index (χ4v) is 6.40. The van der Waals surface area contributed by atoms with Gasteiger partial charge in [-0.25, -0.2) is 4.98 Å². The average Bonchev–Trinajstić information content (AvgIpc) is 3.52. The molecule has 0 aliphatic carbocycles. The van der Waals surface area contributed by atoms with E-state index >= 15 is 0 Å². The van der Waals surface area contributed by atoms with E-state index in [0.717, 1.165) is 81.0 Å². The van der Waals surface area contributed by atoms with Gasteiger partial charge in [-0.15, -0.1) is 0 Å². The molecule has 1 amide bonds. The van der Waals surface area contributed by atoms with Gasteiger partial charge < -0.3 is 38.6 Å². The van der Waals surface area contributed by atoms with Crippen LogP contribution in [-0.2, 0) is 22.6 Å². The summed E-state index contributed by atoms with van der Waals surface area (Å²) < 4.78 is 24.4. The zero-order chi connectivity index (χ0) is 30.4. The summed E-state index contributed by atoms with van der Waals surface area (Å²) in [7, 11) is 4.81. The third kappa shape index (κ3) is 6.86. The molecule has 5 rings (SSSR count). The van der Waals surface area contributed by atoms with E-state index < -0.39 is 0 Å². The second kappa shape index (κ2) is 13.9. The molecule has 0 radical (unpaired) electrons. The van der Waals surface area contributed by atoms with Crippen LogP contribution in [0.3, 0.4) is 0 Å². The number of ether oxygens (including phenoxy) is 4. The maximum atomic E-state index is 13.6. The van der Waals surface area contributed by atoms with Crippen molar-refractivity contribution in [2.75, 3.05) is 66.0 Å². The van der Waals surface area contributed by atoms with Gasteiger partial charge in [-0.1, -0.05) is 19.1 Å². The first kappa shape index (κ1) is 30.9. The molecule has 10 nitrogen and oxygen atoms in total. The maximum absolute atomic E-state index is 13.6. The van der Waals surface area contributed by atoms with Gasteiger partial charge in [0.1, 0.15) is 0 Å². The Bertz CT molecular complexity index is 1360. The number of amides is 1. The maximum Gasteiger partial charge on any atom is 0.228 e. The number of imidazole rings is 1. The number of rotatable bonds is 14. The molecule has 1 aromatic heterocycles. The summed E-state index contributed by atoms with van der Waals surface area (Å²) in [6.07, 6.45) is 3.83. The lowest BCUT2D eigenvalue weighted by Crippen LogP contribution is -2.42. The predicted molar refractivity (Wildman–Crippen MR) is 168 cm³/mol. The van der Waals surface area contributed by atoms with Crippen molar-refractivity contribution in [2.24, 2.45) is 5.41 Å². The molecule has 1 unspecified atom stereocenters. The fourth-order valence-electron chi connectivity index (χ4n) is 6.40. The number of likely N-dealkylation sites (tertiary alicyclic amines) is 2. The highest BCUT2D eigenvalue weighted by Gasteiger charge is 2.42. The monoisotopic (exact) mass is 593 g/mol. The Labute approximate surface area is 255 Å². The van der Waals surface area contributed by atoms with Crippen LogP contribution >= 0.6 is 0 Å². The Morgan fingerprint density at radius 1 is 1.00 bits per heavy atom. The second-order valence-corrected chi connectivity index (χ2v) is 11.9. The normalized spacial score (nSPS) is 19.7. The molecule has 2 saturated heterocycles. The highest BCUT2D eigenvalue weighted by Crippen LogP contribution is 2.40. The van der Waals surface area contributed by atoms with Crippen molar-refractivity contribution in [2.45, 2.75) is 58.7 Å². The number of anilines is 1. The smallest absolute Gasteiger partial charge is 0.228 e. The number of nitrogens with zero attached hydrogens (tertiary/aromatic N) is 4. The molecule has 1 N–H and O–H groups in total. The molecule has 2 aliphatic heterocycles. The van der Waals surface area contributed by atoms with Crippen LogP contribution in [0.5, 0.6) is 17.2 Å². The summed E-state index contributed by atoms with van der Waals surface area (Å²) >= 11 is 0. The summed E-state index contributed by atoms with van der Waals surface area (Å²) in [5, 5.41) is 3.73. The number of piperidine rings is 1. The van der Waals surface area contributed by atoms with Crippen LogP contribution in [0.1, 0.15) is 45.1 Å². The molecule has 234 valence electrons. The van der Waals surface area contributed by atoms with Gasteiger partial charge in [0.15, 0.2) is 11.5 Å². The standard InChI is InChI=1S/C33H47N5O5/c1-6-43-20-19-38-27-10-8-7-9-26(27)35-32(38)34-25-11-15-36(16-12-25)17-13-33(2)14-18-37(31(33)39)23-24-21-28(40-3)30(42-5)29(22-24)41-4/h7-10,21-22,25H,6,11-20,23H2,1-5H3,(H,34,35). The van der Waals surface area contributed by atoms with E-state index in [1.165, 1.54) is 0 Å². The molecule has 0 bridgehead atoms. The van der Waals surface area contributed by atoms with E-state index in [9.17, 15) is 4.79 Å². The molecule has 0 spiro atoms. The number of para-hydroxylation sites is 2. The van der Waals surface area contributed by atoms with Crippen LogP contribution in [0.15, 0.2) is 36.4 Å². The Morgan fingerprint density at radius 3 is 2.40 bits per heavy atom. The van der Waals surface area contributed by atoms with Crippen LogP contribution in [0, 0.1) is 5.41 Å². The van der Waals surface area contributed by atoms with Gasteiger partial charge in [0.05, 0.1) is 39.0 Å². The molecule has 10 heteroatoms. The third-order valence-corrected chi connectivity index (χ3v) is 9.05. The van der Waals surface area contributed by atoms with Crippen LogP contribution in [0.2, 0.25) is 0 Å². The van der Waals surface area contributed by atoms with Crippen molar-refractivity contribution < 1.29 is 23.7 Å². The number of nitrogens with one attached hydrogen (secondary N) is 1. The number of benzene rings is 2. The van der Waals surface area contributed by atoms with Crippen molar-refractivity contribution in [1.82, 2.24) is 19.4 Å². The number of hydrogen-bond donors (Lipinski definition) is 1. The summed E-state index contributed by atoms with van der Waals surface area (Å²) in [6.45, 7) is 10.5. The molecule has 2 aromatic carbocycles.